The van der Waals surface area contributed by atoms with Gasteiger partial charge in [-0.2, -0.15) is 0 Å². The third-order valence-electron chi connectivity index (χ3n) is 10.7. The van der Waals surface area contributed by atoms with Crippen LogP contribution in [0, 0.1) is 6.07 Å². The maximum atomic E-state index is 12.3. The zero-order valence-electron chi connectivity index (χ0n) is 32.4. The van der Waals surface area contributed by atoms with Gasteiger partial charge in [0.05, 0.1) is 27.6 Å². The van der Waals surface area contributed by atoms with Gasteiger partial charge >= 0.3 is 0 Å². The van der Waals surface area contributed by atoms with Crippen molar-refractivity contribution < 1.29 is 26.2 Å². The van der Waals surface area contributed by atoms with Crippen molar-refractivity contribution in [2.45, 2.75) is 52.4 Å². The first-order valence-corrected chi connectivity index (χ1v) is 18.9. The zero-order chi connectivity index (χ0) is 38.1. The number of hydrogen-bond acceptors (Lipinski definition) is 3. The number of phenolic OH excluding ortho intramolecular Hbond substituents is 1. The molecule has 0 aliphatic heterocycles. The van der Waals surface area contributed by atoms with Gasteiger partial charge in [-0.25, -0.2) is 4.98 Å². The molecule has 1 N–H and O–H groups in total. The van der Waals surface area contributed by atoms with E-state index in [-0.39, 0.29) is 37.6 Å². The number of fused-ring (bicyclic) bond motifs is 4. The van der Waals surface area contributed by atoms with Crippen molar-refractivity contribution in [1.82, 2.24) is 19.1 Å². The van der Waals surface area contributed by atoms with E-state index < -0.39 is 0 Å². The van der Waals surface area contributed by atoms with E-state index in [0.29, 0.717) is 11.4 Å². The average Bonchev–Trinajstić information content (AvgIpc) is 3.74. The summed E-state index contributed by atoms with van der Waals surface area (Å²) in [4.78, 5) is 10.1. The minimum absolute atomic E-state index is 0. The molecule has 0 amide bonds. The molecule has 0 aliphatic rings. The topological polar surface area (TPSA) is 55.9 Å². The molecule has 9 aromatic rings. The predicted molar refractivity (Wildman–Crippen MR) is 227 cm³/mol. The van der Waals surface area contributed by atoms with Crippen LogP contribution in [0.3, 0.4) is 0 Å². The fourth-order valence-corrected chi connectivity index (χ4v) is 7.82. The Morgan fingerprint density at radius 2 is 1.25 bits per heavy atom. The van der Waals surface area contributed by atoms with E-state index in [0.717, 1.165) is 72.3 Å². The molecule has 0 aliphatic carbocycles. The molecule has 56 heavy (non-hydrogen) atoms. The van der Waals surface area contributed by atoms with E-state index in [1.165, 1.54) is 5.39 Å². The molecule has 0 spiro atoms. The first-order valence-electron chi connectivity index (χ1n) is 18.9. The Morgan fingerprint density at radius 3 is 2.00 bits per heavy atom. The molecule has 9 rings (SSSR count). The molecule has 0 fully saturated rings. The SMILES string of the molecule is CC(C)(C)c1cc(-c2nc3c(-c4[c-]c(-c5ccccn5)ccc4)cccc3n2-c2ccc3c(c2)c2ccccc2n3-c2ccccc2)c(O)c(C(C)(C)C)c1.[Pt]. The second-order valence-electron chi connectivity index (χ2n) is 16.4. The molecule has 0 radical (unpaired) electrons. The summed E-state index contributed by atoms with van der Waals surface area (Å²) in [6.45, 7) is 13.1. The molecule has 6 heteroatoms. The van der Waals surface area contributed by atoms with E-state index in [9.17, 15) is 5.11 Å². The number of aromatic hydroxyl groups is 1. The number of imidazole rings is 1. The summed E-state index contributed by atoms with van der Waals surface area (Å²) in [5.41, 5.74) is 12.0. The monoisotopic (exact) mass is 910 g/mol. The Bertz CT molecular complexity index is 2890. The Hall–Kier alpha value is -5.77. The maximum Gasteiger partial charge on any atom is 0.148 e. The summed E-state index contributed by atoms with van der Waals surface area (Å²) < 4.78 is 4.56. The number of rotatable bonds is 5. The van der Waals surface area contributed by atoms with Crippen LogP contribution in [0.25, 0.3) is 78.0 Å². The standard InChI is InChI=1S/C50H43N4O.Pt/c1-49(2,3)34-29-40(47(55)41(30-34)50(4,5)6)48-52-46-37(32-16-14-17-33(28-32)42-22-12-13-27-51-42)21-15-24-45(46)54(48)36-25-26-44-39(31-36)38-20-10-11-23-43(38)53(44)35-18-8-7-9-19-35;/h7-27,29-31,55H,1-6H3;/q-1;. The predicted octanol–water partition coefficient (Wildman–Crippen LogP) is 12.6. The largest absolute Gasteiger partial charge is 0.507 e. The van der Waals surface area contributed by atoms with Crippen LogP contribution in [0.1, 0.15) is 52.7 Å². The van der Waals surface area contributed by atoms with Crippen LogP contribution in [0.4, 0.5) is 0 Å². The molecular formula is C50H43N4OPt-. The molecule has 0 bridgehead atoms. The van der Waals surface area contributed by atoms with Crippen molar-refractivity contribution in [2.24, 2.45) is 0 Å². The minimum atomic E-state index is -0.304. The minimum Gasteiger partial charge on any atom is -0.507 e. The van der Waals surface area contributed by atoms with Crippen molar-refractivity contribution >= 4 is 32.8 Å². The van der Waals surface area contributed by atoms with Gasteiger partial charge in [0.2, 0.25) is 0 Å². The maximum absolute atomic E-state index is 12.3. The van der Waals surface area contributed by atoms with Gasteiger partial charge in [0.15, 0.2) is 0 Å². The number of pyridine rings is 1. The van der Waals surface area contributed by atoms with Crippen LogP contribution in [-0.2, 0) is 31.9 Å². The van der Waals surface area contributed by atoms with Crippen molar-refractivity contribution in [3.8, 4) is 50.9 Å². The van der Waals surface area contributed by atoms with Gasteiger partial charge in [0.25, 0.3) is 0 Å². The number of hydrogen-bond donors (Lipinski definition) is 1. The summed E-state index contributed by atoms with van der Waals surface area (Å²) in [6.07, 6.45) is 1.81. The number of nitrogens with zero attached hydrogens (tertiary/aromatic N) is 4. The van der Waals surface area contributed by atoms with Gasteiger partial charge in [-0.05, 0) is 71.0 Å². The van der Waals surface area contributed by atoms with Gasteiger partial charge in [0.1, 0.15) is 11.6 Å². The van der Waals surface area contributed by atoms with E-state index in [4.69, 9.17) is 4.98 Å². The fourth-order valence-electron chi connectivity index (χ4n) is 7.82. The van der Waals surface area contributed by atoms with Crippen molar-refractivity contribution in [3.63, 3.8) is 0 Å². The number of benzene rings is 6. The van der Waals surface area contributed by atoms with E-state index in [1.807, 2.05) is 30.5 Å². The molecular weight excluding hydrogens is 868 g/mol. The van der Waals surface area contributed by atoms with Gasteiger partial charge in [0, 0.05) is 60.7 Å². The zero-order valence-corrected chi connectivity index (χ0v) is 34.7. The summed E-state index contributed by atoms with van der Waals surface area (Å²) in [5.74, 6) is 0.938. The third kappa shape index (κ3) is 6.34. The molecule has 0 atom stereocenters. The molecule has 0 saturated heterocycles. The molecule has 280 valence electrons. The van der Waals surface area contributed by atoms with Crippen LogP contribution in [0.15, 0.2) is 146 Å². The van der Waals surface area contributed by atoms with Crippen molar-refractivity contribution in [3.05, 3.63) is 163 Å². The van der Waals surface area contributed by atoms with Gasteiger partial charge < -0.3 is 9.67 Å². The molecule has 0 unspecified atom stereocenters. The van der Waals surface area contributed by atoms with Crippen LogP contribution in [-0.4, -0.2) is 24.2 Å². The molecule has 3 heterocycles. The van der Waals surface area contributed by atoms with Crippen molar-refractivity contribution in [2.75, 3.05) is 0 Å². The number of aromatic nitrogens is 4. The normalized spacial score (nSPS) is 12.0. The summed E-state index contributed by atoms with van der Waals surface area (Å²) in [6, 6.07) is 52.2. The Kier molecular flexibility index (Phi) is 9.33. The summed E-state index contributed by atoms with van der Waals surface area (Å²) in [5, 5.41) is 14.6. The fraction of sp³-hybridized carbons (Fsp3) is 0.160. The Morgan fingerprint density at radius 1 is 0.554 bits per heavy atom. The summed E-state index contributed by atoms with van der Waals surface area (Å²) >= 11 is 0. The molecule has 0 saturated carbocycles. The first kappa shape index (κ1) is 37.2. The van der Waals surface area contributed by atoms with Gasteiger partial charge in [-0.1, -0.05) is 119 Å². The second kappa shape index (κ2) is 14.1. The van der Waals surface area contributed by atoms with Gasteiger partial charge in [-0.3, -0.25) is 9.55 Å². The number of phenols is 1. The Labute approximate surface area is 342 Å². The van der Waals surface area contributed by atoms with Crippen LogP contribution in [0.2, 0.25) is 0 Å². The number of para-hydroxylation sites is 3. The van der Waals surface area contributed by atoms with Gasteiger partial charge in [-0.15, -0.1) is 29.8 Å². The van der Waals surface area contributed by atoms with Crippen LogP contribution < -0.4 is 0 Å². The summed E-state index contributed by atoms with van der Waals surface area (Å²) in [7, 11) is 0. The first-order chi connectivity index (χ1) is 26.5. The smallest absolute Gasteiger partial charge is 0.148 e. The van der Waals surface area contributed by atoms with Crippen LogP contribution >= 0.6 is 0 Å². The second-order valence-corrected chi connectivity index (χ2v) is 16.4. The van der Waals surface area contributed by atoms with E-state index >= 15 is 0 Å². The molecule has 3 aromatic heterocycles. The molecule has 6 aromatic carbocycles. The Balaban J connectivity index is 0.00000441. The van der Waals surface area contributed by atoms with Crippen LogP contribution in [0.5, 0.6) is 5.75 Å². The van der Waals surface area contributed by atoms with E-state index in [1.54, 1.807) is 0 Å². The molecule has 5 nitrogen and oxygen atoms in total. The van der Waals surface area contributed by atoms with E-state index in [2.05, 4.69) is 177 Å². The third-order valence-corrected chi connectivity index (χ3v) is 10.7. The van der Waals surface area contributed by atoms with Crippen molar-refractivity contribution in [1.29, 1.82) is 0 Å². The quantitative estimate of drug-likeness (QED) is 0.175. The average molecular weight is 911 g/mol.